The molecule has 4 heteroatoms. The summed E-state index contributed by atoms with van der Waals surface area (Å²) >= 11 is 3.38. The van der Waals surface area contributed by atoms with Gasteiger partial charge < -0.3 is 0 Å². The molecule has 0 spiro atoms. The van der Waals surface area contributed by atoms with E-state index in [0.29, 0.717) is 11.1 Å². The van der Waals surface area contributed by atoms with Crippen molar-refractivity contribution in [2.24, 2.45) is 0 Å². The lowest BCUT2D eigenvalue weighted by atomic mass is 9.97. The first-order chi connectivity index (χ1) is 12.1. The first kappa shape index (κ1) is 15.8. The summed E-state index contributed by atoms with van der Waals surface area (Å²) in [5.41, 5.74) is 3.86. The number of carbonyl (C=O) groups is 2. The van der Waals surface area contributed by atoms with E-state index in [9.17, 15) is 9.59 Å². The van der Waals surface area contributed by atoms with Crippen LogP contribution in [0.1, 0.15) is 26.3 Å². The van der Waals surface area contributed by atoms with E-state index in [0.717, 1.165) is 21.2 Å². The summed E-state index contributed by atoms with van der Waals surface area (Å²) in [5.74, 6) is -0.561. The van der Waals surface area contributed by atoms with Crippen molar-refractivity contribution in [2.45, 2.75) is 6.54 Å². The summed E-state index contributed by atoms with van der Waals surface area (Å²) in [5, 5.41) is 0. The van der Waals surface area contributed by atoms with Gasteiger partial charge in [-0.25, -0.2) is 0 Å². The molecule has 4 rings (SSSR count). The Morgan fingerprint density at radius 1 is 0.840 bits per heavy atom. The molecular weight excluding hydrogens is 378 g/mol. The van der Waals surface area contributed by atoms with Gasteiger partial charge in [-0.1, -0.05) is 64.5 Å². The van der Waals surface area contributed by atoms with E-state index < -0.39 is 0 Å². The van der Waals surface area contributed by atoms with Gasteiger partial charge in [0.25, 0.3) is 11.8 Å². The van der Waals surface area contributed by atoms with Crippen LogP contribution < -0.4 is 0 Å². The molecule has 3 aromatic carbocycles. The Kier molecular flexibility index (Phi) is 3.98. The van der Waals surface area contributed by atoms with E-state index in [-0.39, 0.29) is 18.4 Å². The minimum atomic E-state index is -0.294. The van der Waals surface area contributed by atoms with Gasteiger partial charge in [-0.3, -0.25) is 14.5 Å². The normalized spacial score (nSPS) is 13.0. The van der Waals surface area contributed by atoms with Crippen LogP contribution in [0.5, 0.6) is 0 Å². The van der Waals surface area contributed by atoms with E-state index in [1.165, 1.54) is 4.90 Å². The fourth-order valence-corrected chi connectivity index (χ4v) is 3.55. The molecule has 0 saturated heterocycles. The smallest absolute Gasteiger partial charge is 0.261 e. The van der Waals surface area contributed by atoms with Crippen molar-refractivity contribution in [2.75, 3.05) is 0 Å². The maximum atomic E-state index is 13.1. The first-order valence-electron chi connectivity index (χ1n) is 7.94. The Labute approximate surface area is 154 Å². The average Bonchev–Trinajstić information content (AvgIpc) is 2.77. The summed E-state index contributed by atoms with van der Waals surface area (Å²) in [6.45, 7) is 0.259. The second-order valence-corrected chi connectivity index (χ2v) is 6.83. The van der Waals surface area contributed by atoms with E-state index in [1.807, 2.05) is 48.5 Å². The fourth-order valence-electron chi connectivity index (χ4n) is 3.15. The van der Waals surface area contributed by atoms with Crippen LogP contribution >= 0.6 is 15.9 Å². The zero-order valence-electron chi connectivity index (χ0n) is 13.3. The first-order valence-corrected chi connectivity index (χ1v) is 8.73. The summed E-state index contributed by atoms with van der Waals surface area (Å²) in [6, 6.07) is 22.4. The molecule has 1 heterocycles. The molecule has 0 saturated carbocycles. The number of fused-ring (bicyclic) bond motifs is 3. The molecule has 0 aromatic heterocycles. The van der Waals surface area contributed by atoms with E-state index in [4.69, 9.17) is 0 Å². The zero-order chi connectivity index (χ0) is 17.4. The van der Waals surface area contributed by atoms with Gasteiger partial charge in [0.2, 0.25) is 0 Å². The molecule has 3 nitrogen and oxygen atoms in total. The number of amides is 2. The van der Waals surface area contributed by atoms with Crippen molar-refractivity contribution in [3.63, 3.8) is 0 Å². The Hall–Kier alpha value is -2.72. The highest BCUT2D eigenvalue weighted by molar-refractivity contribution is 9.10. The third-order valence-electron chi connectivity index (χ3n) is 4.36. The molecule has 122 valence electrons. The highest BCUT2D eigenvalue weighted by Gasteiger charge is 2.30. The van der Waals surface area contributed by atoms with E-state index >= 15 is 0 Å². The van der Waals surface area contributed by atoms with Crippen LogP contribution in [-0.2, 0) is 6.54 Å². The lowest BCUT2D eigenvalue weighted by molar-refractivity contribution is 0.0606. The number of rotatable bonds is 1. The van der Waals surface area contributed by atoms with Gasteiger partial charge in [0.05, 0.1) is 6.54 Å². The maximum absolute atomic E-state index is 13.1. The molecule has 1 aliphatic heterocycles. The monoisotopic (exact) mass is 391 g/mol. The molecule has 0 fully saturated rings. The second-order valence-electron chi connectivity index (χ2n) is 5.91. The van der Waals surface area contributed by atoms with Crippen molar-refractivity contribution >= 4 is 27.7 Å². The molecule has 25 heavy (non-hydrogen) atoms. The number of hydrogen-bond donors (Lipinski definition) is 0. The molecule has 3 aromatic rings. The highest BCUT2D eigenvalue weighted by Crippen LogP contribution is 2.33. The van der Waals surface area contributed by atoms with Gasteiger partial charge in [0, 0.05) is 15.6 Å². The number of halogens is 1. The predicted molar refractivity (Wildman–Crippen MR) is 100 cm³/mol. The second kappa shape index (κ2) is 6.30. The summed E-state index contributed by atoms with van der Waals surface area (Å²) in [4.78, 5) is 27.4. The van der Waals surface area contributed by atoms with Crippen molar-refractivity contribution in [1.82, 2.24) is 4.90 Å². The largest absolute Gasteiger partial charge is 0.270 e. The van der Waals surface area contributed by atoms with Crippen molar-refractivity contribution < 1.29 is 9.59 Å². The topological polar surface area (TPSA) is 37.4 Å². The van der Waals surface area contributed by atoms with Crippen LogP contribution in [0.25, 0.3) is 11.1 Å². The van der Waals surface area contributed by atoms with E-state index in [1.54, 1.807) is 24.3 Å². The number of hydrogen-bond acceptors (Lipinski definition) is 2. The van der Waals surface area contributed by atoms with Gasteiger partial charge in [0.15, 0.2) is 0 Å². The van der Waals surface area contributed by atoms with Gasteiger partial charge in [-0.2, -0.15) is 0 Å². The summed E-state index contributed by atoms with van der Waals surface area (Å²) < 4.78 is 0.807. The number of nitrogens with zero attached hydrogens (tertiary/aromatic N) is 1. The number of benzene rings is 3. The molecule has 2 amide bonds. The van der Waals surface area contributed by atoms with Crippen LogP contribution in [0.15, 0.2) is 77.3 Å². The lowest BCUT2D eigenvalue weighted by Crippen LogP contribution is -2.35. The molecule has 0 unspecified atom stereocenters. The molecule has 0 aliphatic carbocycles. The molecule has 0 atom stereocenters. The number of carbonyl (C=O) groups excluding carboxylic acids is 2. The third-order valence-corrected chi connectivity index (χ3v) is 4.85. The Bertz CT molecular complexity index is 996. The maximum Gasteiger partial charge on any atom is 0.261 e. The number of imide groups is 1. The summed E-state index contributed by atoms with van der Waals surface area (Å²) in [6.07, 6.45) is 0. The molecule has 0 N–H and O–H groups in total. The van der Waals surface area contributed by atoms with Gasteiger partial charge in [-0.05, 0) is 41.0 Å². The molecule has 1 aliphatic rings. The summed E-state index contributed by atoms with van der Waals surface area (Å²) in [7, 11) is 0. The zero-order valence-corrected chi connectivity index (χ0v) is 14.9. The van der Waals surface area contributed by atoms with Crippen molar-refractivity contribution in [3.8, 4) is 11.1 Å². The van der Waals surface area contributed by atoms with Gasteiger partial charge >= 0.3 is 0 Å². The van der Waals surface area contributed by atoms with Gasteiger partial charge in [0.1, 0.15) is 0 Å². The van der Waals surface area contributed by atoms with E-state index in [2.05, 4.69) is 15.9 Å². The van der Waals surface area contributed by atoms with Gasteiger partial charge in [-0.15, -0.1) is 0 Å². The van der Waals surface area contributed by atoms with Crippen LogP contribution in [0.3, 0.4) is 0 Å². The standard InChI is InChI=1S/C21H14BrNO2/c22-16-8-5-7-14(12-16)20(24)23-13-15-6-1-2-9-17(15)18-10-3-4-11-19(18)21(23)25/h1-12H,13H2. The lowest BCUT2D eigenvalue weighted by Gasteiger charge is -2.19. The SMILES string of the molecule is O=C(c1cccc(Br)c1)N1Cc2ccccc2-c2ccccc2C1=O. The molecule has 0 bridgehead atoms. The van der Waals surface area contributed by atoms with Crippen molar-refractivity contribution in [1.29, 1.82) is 0 Å². The Morgan fingerprint density at radius 3 is 2.28 bits per heavy atom. The molecular formula is C21H14BrNO2. The third kappa shape index (κ3) is 2.79. The van der Waals surface area contributed by atoms with Crippen LogP contribution in [-0.4, -0.2) is 16.7 Å². The predicted octanol–water partition coefficient (Wildman–Crippen LogP) is 4.91. The molecule has 0 radical (unpaired) electrons. The minimum Gasteiger partial charge on any atom is -0.270 e. The van der Waals surface area contributed by atoms with Crippen molar-refractivity contribution in [3.05, 3.63) is 94.0 Å². The van der Waals surface area contributed by atoms with Crippen LogP contribution in [0, 0.1) is 0 Å². The highest BCUT2D eigenvalue weighted by atomic mass is 79.9. The Balaban J connectivity index is 1.86. The fraction of sp³-hybridized carbons (Fsp3) is 0.0476. The minimum absolute atomic E-state index is 0.259. The Morgan fingerprint density at radius 2 is 1.52 bits per heavy atom. The van der Waals surface area contributed by atoms with Crippen LogP contribution in [0.2, 0.25) is 0 Å². The van der Waals surface area contributed by atoms with Crippen LogP contribution in [0.4, 0.5) is 0 Å². The average molecular weight is 392 g/mol. The quantitative estimate of drug-likeness (QED) is 0.552.